The lowest BCUT2D eigenvalue weighted by Crippen LogP contribution is -2.28. The number of hydrogen-bond donors (Lipinski definition) is 2. The highest BCUT2D eigenvalue weighted by Gasteiger charge is 2.22. The van der Waals surface area contributed by atoms with Gasteiger partial charge in [0, 0.05) is 19.6 Å². The predicted octanol–water partition coefficient (Wildman–Crippen LogP) is 0.0379. The van der Waals surface area contributed by atoms with Crippen molar-refractivity contribution in [3.05, 3.63) is 0 Å². The number of nitrogens with zero attached hydrogens (tertiary/aromatic N) is 1. The molecule has 3 N–H and O–H groups in total. The second kappa shape index (κ2) is 4.80. The minimum Gasteiger partial charge on any atom is -0.392 e. The smallest absolute Gasteiger partial charge is 0.0674 e. The van der Waals surface area contributed by atoms with Crippen LogP contribution in [-0.4, -0.2) is 42.8 Å². The summed E-state index contributed by atoms with van der Waals surface area (Å²) in [7, 11) is 2.11. The van der Waals surface area contributed by atoms with E-state index in [4.69, 9.17) is 5.73 Å². The Morgan fingerprint density at radius 2 is 2.25 bits per heavy atom. The first-order valence-corrected chi connectivity index (χ1v) is 4.79. The van der Waals surface area contributed by atoms with Crippen LogP contribution < -0.4 is 5.73 Å². The molecule has 1 aliphatic rings. The van der Waals surface area contributed by atoms with Gasteiger partial charge in [0.1, 0.15) is 0 Å². The lowest BCUT2D eigenvalue weighted by Gasteiger charge is -2.17. The van der Waals surface area contributed by atoms with E-state index in [9.17, 15) is 5.11 Å². The minimum absolute atomic E-state index is 0.313. The molecule has 1 atom stereocenters. The van der Waals surface area contributed by atoms with Crippen LogP contribution in [0, 0.1) is 5.92 Å². The van der Waals surface area contributed by atoms with Gasteiger partial charge in [0.2, 0.25) is 0 Å². The molecule has 3 heteroatoms. The molecule has 0 aliphatic heterocycles. The second-order valence-electron chi connectivity index (χ2n) is 3.88. The molecule has 1 fully saturated rings. The molecule has 72 valence electrons. The fraction of sp³-hybridized carbons (Fsp3) is 1.00. The van der Waals surface area contributed by atoms with Gasteiger partial charge in [0.15, 0.2) is 0 Å². The third kappa shape index (κ3) is 4.04. The average molecular weight is 172 g/mol. The maximum absolute atomic E-state index is 9.20. The Hall–Kier alpha value is -0.120. The van der Waals surface area contributed by atoms with Crippen LogP contribution in [0.15, 0.2) is 0 Å². The van der Waals surface area contributed by atoms with Crippen LogP contribution in [0.4, 0.5) is 0 Å². The van der Waals surface area contributed by atoms with Gasteiger partial charge in [-0.1, -0.05) is 0 Å². The zero-order chi connectivity index (χ0) is 8.97. The fourth-order valence-corrected chi connectivity index (χ4v) is 1.32. The molecule has 1 aliphatic carbocycles. The van der Waals surface area contributed by atoms with Crippen LogP contribution in [0.3, 0.4) is 0 Å². The molecule has 1 saturated carbocycles. The Labute approximate surface area is 74.5 Å². The van der Waals surface area contributed by atoms with Crippen molar-refractivity contribution in [3.8, 4) is 0 Å². The van der Waals surface area contributed by atoms with Gasteiger partial charge in [-0.05, 0) is 32.2 Å². The van der Waals surface area contributed by atoms with Gasteiger partial charge in [0.05, 0.1) is 6.10 Å². The van der Waals surface area contributed by atoms with E-state index in [1.807, 2.05) is 0 Å². The zero-order valence-electron chi connectivity index (χ0n) is 7.87. The van der Waals surface area contributed by atoms with Crippen LogP contribution in [-0.2, 0) is 0 Å². The molecular formula is C9H20N2O. The molecule has 1 unspecified atom stereocenters. The number of rotatable bonds is 6. The quantitative estimate of drug-likeness (QED) is 0.594. The number of aliphatic hydroxyl groups excluding tert-OH is 1. The lowest BCUT2D eigenvalue weighted by molar-refractivity contribution is 0.153. The predicted molar refractivity (Wildman–Crippen MR) is 49.9 cm³/mol. The zero-order valence-corrected chi connectivity index (χ0v) is 7.87. The summed E-state index contributed by atoms with van der Waals surface area (Å²) in [6.45, 7) is 2.55. The average Bonchev–Trinajstić information content (AvgIpc) is 2.84. The first-order chi connectivity index (χ1) is 5.72. The monoisotopic (exact) mass is 172 g/mol. The van der Waals surface area contributed by atoms with Crippen molar-refractivity contribution in [2.75, 3.05) is 26.7 Å². The highest BCUT2D eigenvalue weighted by Crippen LogP contribution is 2.29. The van der Waals surface area contributed by atoms with Gasteiger partial charge in [0.25, 0.3) is 0 Å². The van der Waals surface area contributed by atoms with E-state index < -0.39 is 0 Å². The van der Waals surface area contributed by atoms with E-state index in [2.05, 4.69) is 11.9 Å². The molecular weight excluding hydrogens is 152 g/mol. The van der Waals surface area contributed by atoms with E-state index in [0.717, 1.165) is 18.9 Å². The van der Waals surface area contributed by atoms with Crippen LogP contribution in [0.5, 0.6) is 0 Å². The molecule has 0 heterocycles. The molecule has 0 aromatic carbocycles. The van der Waals surface area contributed by atoms with Crippen LogP contribution in [0.1, 0.15) is 19.3 Å². The number of hydrogen-bond acceptors (Lipinski definition) is 3. The molecule has 0 amide bonds. The summed E-state index contributed by atoms with van der Waals surface area (Å²) in [5.41, 5.74) is 5.30. The summed E-state index contributed by atoms with van der Waals surface area (Å²) >= 11 is 0. The van der Waals surface area contributed by atoms with Crippen LogP contribution >= 0.6 is 0 Å². The second-order valence-corrected chi connectivity index (χ2v) is 3.88. The third-order valence-corrected chi connectivity index (χ3v) is 2.38. The summed E-state index contributed by atoms with van der Waals surface area (Å²) in [5.74, 6) is 0.935. The van der Waals surface area contributed by atoms with Crippen LogP contribution in [0.2, 0.25) is 0 Å². The topological polar surface area (TPSA) is 49.5 Å². The van der Waals surface area contributed by atoms with E-state index in [1.54, 1.807) is 0 Å². The molecule has 0 aromatic rings. The third-order valence-electron chi connectivity index (χ3n) is 2.38. The van der Waals surface area contributed by atoms with Crippen molar-refractivity contribution in [2.24, 2.45) is 11.7 Å². The van der Waals surface area contributed by atoms with Gasteiger partial charge >= 0.3 is 0 Å². The fourth-order valence-electron chi connectivity index (χ4n) is 1.32. The molecule has 0 saturated heterocycles. The summed E-state index contributed by atoms with van der Waals surface area (Å²) in [6, 6.07) is 0. The Balaban J connectivity index is 1.96. The van der Waals surface area contributed by atoms with Crippen molar-refractivity contribution < 1.29 is 5.11 Å². The molecule has 0 aromatic heterocycles. The number of aliphatic hydroxyl groups is 1. The highest BCUT2D eigenvalue weighted by atomic mass is 16.3. The highest BCUT2D eigenvalue weighted by molar-refractivity contribution is 4.76. The Morgan fingerprint density at radius 3 is 2.75 bits per heavy atom. The minimum atomic E-state index is -0.313. The maximum Gasteiger partial charge on any atom is 0.0674 e. The molecule has 0 bridgehead atoms. The van der Waals surface area contributed by atoms with Crippen molar-refractivity contribution >= 4 is 0 Å². The van der Waals surface area contributed by atoms with E-state index in [-0.39, 0.29) is 6.10 Å². The lowest BCUT2D eigenvalue weighted by atomic mass is 10.2. The Morgan fingerprint density at radius 1 is 1.58 bits per heavy atom. The molecule has 12 heavy (non-hydrogen) atoms. The standard InChI is InChI=1S/C9H20N2O/c1-11(7-8-2-3-8)5-4-9(12)6-10/h8-9,12H,2-7,10H2,1H3. The van der Waals surface area contributed by atoms with Gasteiger partial charge in [-0.2, -0.15) is 0 Å². The molecule has 1 rings (SSSR count). The van der Waals surface area contributed by atoms with Crippen LogP contribution in [0.25, 0.3) is 0 Å². The summed E-state index contributed by atoms with van der Waals surface area (Å²) in [5, 5.41) is 9.20. The first kappa shape index (κ1) is 9.96. The van der Waals surface area contributed by atoms with E-state index in [0.29, 0.717) is 6.54 Å². The Bertz CT molecular complexity index is 126. The molecule has 0 radical (unpaired) electrons. The molecule has 0 spiro atoms. The first-order valence-electron chi connectivity index (χ1n) is 4.79. The van der Waals surface area contributed by atoms with Crippen molar-refractivity contribution in [1.82, 2.24) is 4.90 Å². The largest absolute Gasteiger partial charge is 0.392 e. The van der Waals surface area contributed by atoms with Gasteiger partial charge < -0.3 is 15.7 Å². The van der Waals surface area contributed by atoms with Gasteiger partial charge in [-0.25, -0.2) is 0 Å². The van der Waals surface area contributed by atoms with Crippen molar-refractivity contribution in [1.29, 1.82) is 0 Å². The van der Waals surface area contributed by atoms with Crippen molar-refractivity contribution in [3.63, 3.8) is 0 Å². The maximum atomic E-state index is 9.20. The van der Waals surface area contributed by atoms with Gasteiger partial charge in [-0.3, -0.25) is 0 Å². The summed E-state index contributed by atoms with van der Waals surface area (Å²) in [4.78, 5) is 2.29. The molecule has 3 nitrogen and oxygen atoms in total. The van der Waals surface area contributed by atoms with Gasteiger partial charge in [-0.15, -0.1) is 0 Å². The SMILES string of the molecule is CN(CCC(O)CN)CC1CC1. The Kier molecular flexibility index (Phi) is 3.98. The van der Waals surface area contributed by atoms with E-state index >= 15 is 0 Å². The normalized spacial score (nSPS) is 20.0. The van der Waals surface area contributed by atoms with E-state index in [1.165, 1.54) is 19.4 Å². The van der Waals surface area contributed by atoms with Crippen molar-refractivity contribution in [2.45, 2.75) is 25.4 Å². The number of nitrogens with two attached hydrogens (primary N) is 1. The summed E-state index contributed by atoms with van der Waals surface area (Å²) < 4.78 is 0. The summed E-state index contributed by atoms with van der Waals surface area (Å²) in [6.07, 6.45) is 3.28.